The molecule has 29 heavy (non-hydrogen) atoms. The van der Waals surface area contributed by atoms with Crippen LogP contribution in [0, 0.1) is 13.8 Å². The summed E-state index contributed by atoms with van der Waals surface area (Å²) in [5, 5.41) is 10.9. The van der Waals surface area contributed by atoms with E-state index in [4.69, 9.17) is 17.0 Å². The van der Waals surface area contributed by atoms with Crippen LogP contribution in [0.5, 0.6) is 11.5 Å². The summed E-state index contributed by atoms with van der Waals surface area (Å²) in [6.07, 6.45) is 1.64. The van der Waals surface area contributed by atoms with Crippen molar-refractivity contribution < 1.29 is 19.4 Å². The highest BCUT2D eigenvalue weighted by Crippen LogP contribution is 2.33. The number of aryl methyl sites for hydroxylation is 2. The molecule has 0 saturated carbocycles. The maximum absolute atomic E-state index is 12.8. The zero-order valence-corrected chi connectivity index (χ0v) is 17.8. The van der Waals surface area contributed by atoms with E-state index < -0.39 is 11.8 Å². The summed E-state index contributed by atoms with van der Waals surface area (Å²) < 4.78 is 5.61. The first kappa shape index (κ1) is 20.9. The van der Waals surface area contributed by atoms with Gasteiger partial charge in [-0.3, -0.25) is 15.0 Å². The van der Waals surface area contributed by atoms with Gasteiger partial charge in [-0.15, -0.1) is 0 Å². The number of thiocarbonyl (C=S) groups is 1. The Morgan fingerprint density at radius 2 is 2.03 bits per heavy atom. The van der Waals surface area contributed by atoms with Gasteiger partial charge < -0.3 is 9.84 Å². The Hall–Kier alpha value is -2.84. The molecule has 0 atom stereocenters. The highest BCUT2D eigenvalue weighted by Gasteiger charge is 2.34. The van der Waals surface area contributed by atoms with Crippen LogP contribution in [-0.4, -0.2) is 32.9 Å². The van der Waals surface area contributed by atoms with Gasteiger partial charge in [0.05, 0.1) is 11.5 Å². The van der Waals surface area contributed by atoms with Gasteiger partial charge in [-0.05, 0) is 68.4 Å². The van der Waals surface area contributed by atoms with Crippen molar-refractivity contribution in [3.63, 3.8) is 0 Å². The Bertz CT molecular complexity index is 1030. The van der Waals surface area contributed by atoms with E-state index >= 15 is 0 Å². The molecule has 0 aromatic heterocycles. The van der Waals surface area contributed by atoms with Crippen molar-refractivity contribution in [1.29, 1.82) is 0 Å². The fraction of sp³-hybridized carbons (Fsp3) is 0.190. The quantitative estimate of drug-likeness (QED) is 0.555. The van der Waals surface area contributed by atoms with Crippen LogP contribution in [0.4, 0.5) is 0 Å². The van der Waals surface area contributed by atoms with E-state index in [0.29, 0.717) is 28.4 Å². The molecule has 0 aliphatic carbocycles. The maximum Gasteiger partial charge on any atom is 0.285 e. The van der Waals surface area contributed by atoms with Gasteiger partial charge in [0.1, 0.15) is 0 Å². The number of carbonyl (C=O) groups excluding carboxylic acids is 2. The first-order valence-corrected chi connectivity index (χ1v) is 10.1. The third-order valence-corrected chi connectivity index (χ3v) is 5.52. The number of hydrogen-bond donors (Lipinski definition) is 2. The smallest absolute Gasteiger partial charge is 0.285 e. The van der Waals surface area contributed by atoms with Gasteiger partial charge in [0.25, 0.3) is 11.8 Å². The molecule has 1 aliphatic rings. The highest BCUT2D eigenvalue weighted by atomic mass is 32.2. The number of nitrogens with one attached hydrogen (secondary N) is 1. The second-order valence-electron chi connectivity index (χ2n) is 6.44. The van der Waals surface area contributed by atoms with E-state index in [2.05, 4.69) is 5.43 Å². The third-order valence-electron chi connectivity index (χ3n) is 4.22. The summed E-state index contributed by atoms with van der Waals surface area (Å²) in [5.41, 5.74) is 5.61. The molecule has 2 N–H and O–H groups in total. The lowest BCUT2D eigenvalue weighted by atomic mass is 10.1. The van der Waals surface area contributed by atoms with Crippen molar-refractivity contribution in [3.05, 3.63) is 63.6 Å². The van der Waals surface area contributed by atoms with Gasteiger partial charge >= 0.3 is 0 Å². The first-order valence-electron chi connectivity index (χ1n) is 8.92. The fourth-order valence-electron chi connectivity index (χ4n) is 2.84. The Labute approximate surface area is 178 Å². The van der Waals surface area contributed by atoms with Crippen molar-refractivity contribution in [2.24, 2.45) is 0 Å². The number of carbonyl (C=O) groups is 2. The minimum Gasteiger partial charge on any atom is -0.504 e. The number of phenolic OH excluding ortho intramolecular Hbond substituents is 1. The van der Waals surface area contributed by atoms with E-state index in [1.165, 1.54) is 6.07 Å². The van der Waals surface area contributed by atoms with Crippen LogP contribution in [0.2, 0.25) is 0 Å². The lowest BCUT2D eigenvalue weighted by Gasteiger charge is -2.16. The predicted octanol–water partition coefficient (Wildman–Crippen LogP) is 3.95. The Morgan fingerprint density at radius 1 is 1.28 bits per heavy atom. The van der Waals surface area contributed by atoms with Crippen molar-refractivity contribution >= 4 is 46.2 Å². The summed E-state index contributed by atoms with van der Waals surface area (Å²) in [6.45, 7) is 6.01. The van der Waals surface area contributed by atoms with Gasteiger partial charge in [-0.25, -0.2) is 0 Å². The molecule has 150 valence electrons. The standard InChI is InChI=1S/C21H20N2O4S2/c1-4-27-17-10-14(6-8-16(17)24)11-18-20(26)23(21(28)29-18)22-19(25)15-7-5-12(2)9-13(15)3/h5-11,24H,4H2,1-3H3,(H,22,25). The molecule has 1 saturated heterocycles. The van der Waals surface area contributed by atoms with Gasteiger partial charge in [0, 0.05) is 5.56 Å². The molecule has 2 aromatic carbocycles. The second-order valence-corrected chi connectivity index (χ2v) is 8.11. The normalized spacial score (nSPS) is 15.1. The van der Waals surface area contributed by atoms with Gasteiger partial charge in [0.15, 0.2) is 15.8 Å². The zero-order valence-electron chi connectivity index (χ0n) is 16.2. The number of hydrogen-bond acceptors (Lipinski definition) is 6. The number of rotatable bonds is 5. The van der Waals surface area contributed by atoms with E-state index in [-0.39, 0.29) is 10.1 Å². The Morgan fingerprint density at radius 3 is 2.72 bits per heavy atom. The second kappa shape index (κ2) is 8.67. The molecule has 0 bridgehead atoms. The fourth-order valence-corrected chi connectivity index (χ4v) is 4.02. The SMILES string of the molecule is CCOc1cc(C=C2SC(=S)N(NC(=O)c3ccc(C)cc3C)C2=O)ccc1O. The lowest BCUT2D eigenvalue weighted by molar-refractivity contribution is -0.123. The number of aromatic hydroxyl groups is 1. The van der Waals surface area contributed by atoms with Crippen LogP contribution in [-0.2, 0) is 4.79 Å². The Kier molecular flexibility index (Phi) is 6.24. The van der Waals surface area contributed by atoms with Crippen LogP contribution in [0.1, 0.15) is 34.0 Å². The maximum atomic E-state index is 12.8. The molecule has 2 amide bonds. The number of thioether (sulfide) groups is 1. The molecule has 1 fully saturated rings. The predicted molar refractivity (Wildman–Crippen MR) is 118 cm³/mol. The number of nitrogens with zero attached hydrogens (tertiary/aromatic N) is 1. The molecule has 1 aliphatic heterocycles. The summed E-state index contributed by atoms with van der Waals surface area (Å²) in [5.74, 6) is -0.454. The zero-order chi connectivity index (χ0) is 21.1. The average Bonchev–Trinajstić information content (AvgIpc) is 2.92. The van der Waals surface area contributed by atoms with Crippen LogP contribution in [0.3, 0.4) is 0 Å². The largest absolute Gasteiger partial charge is 0.504 e. The van der Waals surface area contributed by atoms with E-state index in [1.54, 1.807) is 24.3 Å². The molecule has 0 unspecified atom stereocenters. The molecular weight excluding hydrogens is 408 g/mol. The minimum absolute atomic E-state index is 0.0253. The monoisotopic (exact) mass is 428 g/mol. The van der Waals surface area contributed by atoms with Crippen molar-refractivity contribution in [3.8, 4) is 11.5 Å². The Balaban J connectivity index is 1.80. The molecule has 1 heterocycles. The lowest BCUT2D eigenvalue weighted by Crippen LogP contribution is -2.45. The average molecular weight is 429 g/mol. The number of ether oxygens (including phenoxy) is 1. The summed E-state index contributed by atoms with van der Waals surface area (Å²) in [4.78, 5) is 25.7. The van der Waals surface area contributed by atoms with Crippen LogP contribution >= 0.6 is 24.0 Å². The molecule has 6 nitrogen and oxygen atoms in total. The van der Waals surface area contributed by atoms with Crippen molar-refractivity contribution in [2.45, 2.75) is 20.8 Å². The molecule has 0 spiro atoms. The van der Waals surface area contributed by atoms with Crippen LogP contribution < -0.4 is 10.2 Å². The molecular formula is C21H20N2O4S2. The van der Waals surface area contributed by atoms with Crippen molar-refractivity contribution in [1.82, 2.24) is 10.4 Å². The third kappa shape index (κ3) is 4.60. The van der Waals surface area contributed by atoms with E-state index in [9.17, 15) is 14.7 Å². The number of phenols is 1. The van der Waals surface area contributed by atoms with Crippen LogP contribution in [0.25, 0.3) is 6.08 Å². The van der Waals surface area contributed by atoms with Crippen molar-refractivity contribution in [2.75, 3.05) is 6.61 Å². The summed E-state index contributed by atoms with van der Waals surface area (Å²) in [6, 6.07) is 10.3. The summed E-state index contributed by atoms with van der Waals surface area (Å²) >= 11 is 6.36. The van der Waals surface area contributed by atoms with E-state index in [0.717, 1.165) is 27.9 Å². The summed E-state index contributed by atoms with van der Waals surface area (Å²) in [7, 11) is 0. The number of hydrazine groups is 1. The number of amides is 2. The first-order chi connectivity index (χ1) is 13.8. The minimum atomic E-state index is -0.413. The highest BCUT2D eigenvalue weighted by molar-refractivity contribution is 8.26. The van der Waals surface area contributed by atoms with Gasteiger partial charge in [0.2, 0.25) is 0 Å². The molecule has 8 heteroatoms. The van der Waals surface area contributed by atoms with E-state index in [1.807, 2.05) is 32.9 Å². The van der Waals surface area contributed by atoms with Gasteiger partial charge in [-0.1, -0.05) is 35.5 Å². The molecule has 3 rings (SSSR count). The molecule has 2 aromatic rings. The van der Waals surface area contributed by atoms with Gasteiger partial charge in [-0.2, -0.15) is 5.01 Å². The number of benzene rings is 2. The van der Waals surface area contributed by atoms with Crippen LogP contribution in [0.15, 0.2) is 41.3 Å². The molecule has 0 radical (unpaired) electrons. The topological polar surface area (TPSA) is 78.9 Å².